The van der Waals surface area contributed by atoms with E-state index in [2.05, 4.69) is 10.6 Å². The van der Waals surface area contributed by atoms with Gasteiger partial charge >= 0.3 is 5.97 Å². The second kappa shape index (κ2) is 9.59. The van der Waals surface area contributed by atoms with Gasteiger partial charge in [-0.3, -0.25) is 4.79 Å². The molecule has 2 aromatic rings. The summed E-state index contributed by atoms with van der Waals surface area (Å²) in [5, 5.41) is 6.60. The molecule has 150 valence electrons. The lowest BCUT2D eigenvalue weighted by molar-refractivity contribution is -0.114. The van der Waals surface area contributed by atoms with Crippen molar-refractivity contribution in [3.8, 4) is 5.75 Å². The van der Waals surface area contributed by atoms with E-state index in [4.69, 9.17) is 9.47 Å². The van der Waals surface area contributed by atoms with E-state index < -0.39 is 0 Å². The maximum Gasteiger partial charge on any atom is 0.341 e. The molecule has 3 rings (SSSR count). The number of ether oxygens (including phenoxy) is 2. The molecular formula is C21H26N2O4S. The molecule has 1 aliphatic rings. The van der Waals surface area contributed by atoms with Gasteiger partial charge < -0.3 is 20.1 Å². The maximum atomic E-state index is 12.5. The van der Waals surface area contributed by atoms with Gasteiger partial charge in [0.2, 0.25) is 5.91 Å². The predicted molar refractivity (Wildman–Crippen MR) is 112 cm³/mol. The van der Waals surface area contributed by atoms with Gasteiger partial charge in [0.1, 0.15) is 10.8 Å². The zero-order chi connectivity index (χ0) is 19.9. The molecule has 0 saturated carbocycles. The van der Waals surface area contributed by atoms with E-state index >= 15 is 0 Å². The number of amides is 1. The van der Waals surface area contributed by atoms with Gasteiger partial charge in [0, 0.05) is 4.88 Å². The van der Waals surface area contributed by atoms with Crippen LogP contribution in [0.1, 0.15) is 47.5 Å². The molecule has 2 N–H and O–H groups in total. The molecule has 1 aromatic carbocycles. The first-order valence-electron chi connectivity index (χ1n) is 9.71. The molecule has 0 atom stereocenters. The highest BCUT2D eigenvalue weighted by atomic mass is 32.1. The molecule has 7 heteroatoms. The number of fused-ring (bicyclic) bond motifs is 1. The molecule has 1 heterocycles. The third kappa shape index (κ3) is 4.65. The van der Waals surface area contributed by atoms with Crippen molar-refractivity contribution < 1.29 is 19.1 Å². The van der Waals surface area contributed by atoms with Crippen molar-refractivity contribution >= 4 is 33.9 Å². The number of esters is 1. The molecule has 0 bridgehead atoms. The lowest BCUT2D eigenvalue weighted by Gasteiger charge is -2.13. The van der Waals surface area contributed by atoms with E-state index in [-0.39, 0.29) is 18.4 Å². The second-order valence-corrected chi connectivity index (χ2v) is 7.57. The summed E-state index contributed by atoms with van der Waals surface area (Å²) in [6, 6.07) is 7.50. The number of benzene rings is 1. The Labute approximate surface area is 169 Å². The van der Waals surface area contributed by atoms with Gasteiger partial charge in [-0.1, -0.05) is 12.1 Å². The highest BCUT2D eigenvalue weighted by Crippen LogP contribution is 2.38. The van der Waals surface area contributed by atoms with Crippen LogP contribution in [0.15, 0.2) is 24.3 Å². The molecule has 0 spiro atoms. The van der Waals surface area contributed by atoms with E-state index in [0.29, 0.717) is 29.5 Å². The first-order chi connectivity index (χ1) is 13.6. The molecule has 0 aliphatic heterocycles. The lowest BCUT2D eigenvalue weighted by Crippen LogP contribution is -2.23. The third-order valence-electron chi connectivity index (χ3n) is 4.53. The Bertz CT molecular complexity index is 847. The highest BCUT2D eigenvalue weighted by Gasteiger charge is 2.27. The Balaban J connectivity index is 1.72. The minimum absolute atomic E-state index is 0.0783. The van der Waals surface area contributed by atoms with Gasteiger partial charge in [0.05, 0.1) is 31.0 Å². The van der Waals surface area contributed by atoms with Crippen LogP contribution in [0.3, 0.4) is 0 Å². The molecule has 0 unspecified atom stereocenters. The highest BCUT2D eigenvalue weighted by molar-refractivity contribution is 7.17. The van der Waals surface area contributed by atoms with Crippen molar-refractivity contribution in [1.82, 2.24) is 0 Å². The third-order valence-corrected chi connectivity index (χ3v) is 5.74. The van der Waals surface area contributed by atoms with Gasteiger partial charge in [0.15, 0.2) is 0 Å². The number of hydrogen-bond donors (Lipinski definition) is 2. The van der Waals surface area contributed by atoms with Crippen molar-refractivity contribution in [2.75, 3.05) is 30.4 Å². The van der Waals surface area contributed by atoms with Crippen LogP contribution in [0.25, 0.3) is 0 Å². The summed E-state index contributed by atoms with van der Waals surface area (Å²) in [7, 11) is 0. The van der Waals surface area contributed by atoms with Crippen LogP contribution >= 0.6 is 11.3 Å². The van der Waals surface area contributed by atoms with Crippen LogP contribution in [-0.4, -0.2) is 31.6 Å². The number of aryl methyl sites for hydroxylation is 1. The molecule has 1 aliphatic carbocycles. The minimum Gasteiger partial charge on any atom is -0.492 e. The summed E-state index contributed by atoms with van der Waals surface area (Å²) in [4.78, 5) is 26.2. The van der Waals surface area contributed by atoms with Crippen molar-refractivity contribution in [3.05, 3.63) is 40.3 Å². The number of hydrogen-bond acceptors (Lipinski definition) is 6. The Morgan fingerprint density at radius 2 is 1.89 bits per heavy atom. The lowest BCUT2D eigenvalue weighted by atomic mass is 9.95. The average molecular weight is 403 g/mol. The van der Waals surface area contributed by atoms with E-state index in [0.717, 1.165) is 36.9 Å². The number of rotatable bonds is 8. The van der Waals surface area contributed by atoms with Gasteiger partial charge in [-0.25, -0.2) is 4.79 Å². The fourth-order valence-electron chi connectivity index (χ4n) is 3.31. The van der Waals surface area contributed by atoms with Crippen molar-refractivity contribution in [2.45, 2.75) is 39.5 Å². The summed E-state index contributed by atoms with van der Waals surface area (Å²) in [5.41, 5.74) is 2.33. The second-order valence-electron chi connectivity index (χ2n) is 6.47. The smallest absolute Gasteiger partial charge is 0.341 e. The van der Waals surface area contributed by atoms with E-state index in [1.807, 2.05) is 31.2 Å². The van der Waals surface area contributed by atoms with E-state index in [1.54, 1.807) is 6.92 Å². The Hall–Kier alpha value is -2.54. The topological polar surface area (TPSA) is 76.7 Å². The quantitative estimate of drug-likeness (QED) is 0.646. The largest absolute Gasteiger partial charge is 0.492 e. The van der Waals surface area contributed by atoms with Gasteiger partial charge in [-0.15, -0.1) is 11.3 Å². The van der Waals surface area contributed by atoms with Crippen LogP contribution in [0, 0.1) is 0 Å². The van der Waals surface area contributed by atoms with E-state index in [9.17, 15) is 9.59 Å². The molecule has 0 radical (unpaired) electrons. The molecule has 0 fully saturated rings. The Morgan fingerprint density at radius 3 is 2.68 bits per heavy atom. The van der Waals surface area contributed by atoms with Crippen LogP contribution in [0.2, 0.25) is 0 Å². The van der Waals surface area contributed by atoms with Crippen LogP contribution in [-0.2, 0) is 22.4 Å². The van der Waals surface area contributed by atoms with Crippen LogP contribution in [0.4, 0.5) is 10.7 Å². The number of nitrogens with one attached hydrogen (secondary N) is 2. The summed E-state index contributed by atoms with van der Waals surface area (Å²) in [6.07, 6.45) is 3.97. The average Bonchev–Trinajstić information content (AvgIpc) is 3.05. The number of anilines is 2. The summed E-state index contributed by atoms with van der Waals surface area (Å²) in [5.74, 6) is 0.138. The zero-order valence-corrected chi connectivity index (χ0v) is 17.1. The predicted octanol–water partition coefficient (Wildman–Crippen LogP) is 4.25. The molecule has 0 saturated heterocycles. The van der Waals surface area contributed by atoms with Crippen molar-refractivity contribution in [3.63, 3.8) is 0 Å². The fraction of sp³-hybridized carbons (Fsp3) is 0.429. The molecular weight excluding hydrogens is 376 g/mol. The van der Waals surface area contributed by atoms with Crippen molar-refractivity contribution in [1.29, 1.82) is 0 Å². The number of para-hydroxylation sites is 2. The number of carbonyl (C=O) groups excluding carboxylic acids is 2. The van der Waals surface area contributed by atoms with Crippen LogP contribution < -0.4 is 15.4 Å². The molecule has 1 amide bonds. The van der Waals surface area contributed by atoms with Crippen LogP contribution in [0.5, 0.6) is 5.75 Å². The Kier molecular flexibility index (Phi) is 6.92. The van der Waals surface area contributed by atoms with Gasteiger partial charge in [-0.2, -0.15) is 0 Å². The van der Waals surface area contributed by atoms with Gasteiger partial charge in [0.25, 0.3) is 0 Å². The fourth-order valence-corrected chi connectivity index (χ4v) is 4.61. The molecule has 28 heavy (non-hydrogen) atoms. The molecule has 1 aromatic heterocycles. The first-order valence-corrected chi connectivity index (χ1v) is 10.5. The Morgan fingerprint density at radius 1 is 1.11 bits per heavy atom. The SMILES string of the molecule is CCOC(=O)c1c(NC(=O)CNc2ccccc2OCC)sc2c1CCCC2. The monoisotopic (exact) mass is 402 g/mol. The normalized spacial score (nSPS) is 12.8. The summed E-state index contributed by atoms with van der Waals surface area (Å²) >= 11 is 1.49. The molecule has 6 nitrogen and oxygen atoms in total. The number of thiophene rings is 1. The zero-order valence-electron chi connectivity index (χ0n) is 16.3. The maximum absolute atomic E-state index is 12.5. The summed E-state index contributed by atoms with van der Waals surface area (Å²) < 4.78 is 10.8. The minimum atomic E-state index is -0.355. The van der Waals surface area contributed by atoms with Crippen molar-refractivity contribution in [2.24, 2.45) is 0 Å². The van der Waals surface area contributed by atoms with Gasteiger partial charge in [-0.05, 0) is 57.2 Å². The van der Waals surface area contributed by atoms with E-state index in [1.165, 1.54) is 16.2 Å². The standard InChI is InChI=1S/C21H26N2O4S/c1-3-26-16-11-7-6-10-15(16)22-13-18(24)23-20-19(21(25)27-4-2)14-9-5-8-12-17(14)28-20/h6-7,10-11,22H,3-5,8-9,12-13H2,1-2H3,(H,23,24). The summed E-state index contributed by atoms with van der Waals surface area (Å²) in [6.45, 7) is 4.64. The number of carbonyl (C=O) groups is 2. The first kappa shape index (κ1) is 20.2.